The molecule has 2 aromatic carbocycles. The summed E-state index contributed by atoms with van der Waals surface area (Å²) in [6.07, 6.45) is 1.63. The summed E-state index contributed by atoms with van der Waals surface area (Å²) in [6, 6.07) is 14.0. The van der Waals surface area contributed by atoms with Crippen molar-refractivity contribution in [3.05, 3.63) is 54.1 Å². The van der Waals surface area contributed by atoms with E-state index in [0.717, 1.165) is 30.0 Å². The van der Waals surface area contributed by atoms with Crippen LogP contribution in [-0.2, 0) is 9.59 Å². The first kappa shape index (κ1) is 22.3. The van der Waals surface area contributed by atoms with E-state index in [1.54, 1.807) is 48.5 Å². The number of ether oxygens (including phenoxy) is 1. The molecule has 3 amide bonds. The Bertz CT molecular complexity index is 929. The number of carbonyl (C=O) groups excluding carboxylic acids is 3. The summed E-state index contributed by atoms with van der Waals surface area (Å²) in [5.74, 6) is -0.301. The number of hydrogen-bond donors (Lipinski definition) is 4. The minimum atomic E-state index is -0.320. The molecule has 0 aromatic heterocycles. The largest absolute Gasteiger partial charge is 0.494 e. The number of nitrogens with two attached hydrogens (primary N) is 1. The van der Waals surface area contributed by atoms with Crippen molar-refractivity contribution in [3.63, 3.8) is 0 Å². The Balaban J connectivity index is 1.62. The van der Waals surface area contributed by atoms with Gasteiger partial charge in [0.2, 0.25) is 5.91 Å². The molecule has 2 atom stereocenters. The molecule has 1 aliphatic heterocycles. The van der Waals surface area contributed by atoms with Crippen LogP contribution in [0.1, 0.15) is 30.1 Å². The van der Waals surface area contributed by atoms with Gasteiger partial charge in [0, 0.05) is 5.69 Å². The zero-order chi connectivity index (χ0) is 22.2. The van der Waals surface area contributed by atoms with Crippen molar-refractivity contribution < 1.29 is 24.0 Å². The molecular weight excluding hydrogens is 396 g/mol. The summed E-state index contributed by atoms with van der Waals surface area (Å²) < 4.78 is 5.41. The molecule has 3 rings (SSSR count). The second-order valence-electron chi connectivity index (χ2n) is 7.63. The van der Waals surface area contributed by atoms with Crippen LogP contribution < -0.4 is 26.0 Å². The third kappa shape index (κ3) is 6.29. The molecule has 8 nitrogen and oxygen atoms in total. The normalized spacial score (nSPS) is 18.1. The van der Waals surface area contributed by atoms with E-state index in [-0.39, 0.29) is 30.2 Å². The first-order chi connectivity index (χ1) is 15.0. The third-order valence-corrected chi connectivity index (χ3v) is 5.30. The van der Waals surface area contributed by atoms with Gasteiger partial charge in [-0.3, -0.25) is 14.4 Å². The van der Waals surface area contributed by atoms with Crippen LogP contribution in [-0.4, -0.2) is 44.0 Å². The monoisotopic (exact) mass is 425 g/mol. The second kappa shape index (κ2) is 10.6. The summed E-state index contributed by atoms with van der Waals surface area (Å²) in [4.78, 5) is 37.9. The summed E-state index contributed by atoms with van der Waals surface area (Å²) in [6.45, 7) is 4.07. The van der Waals surface area contributed by atoms with Gasteiger partial charge >= 0.3 is 0 Å². The lowest BCUT2D eigenvalue weighted by atomic mass is 9.97. The number of amides is 3. The number of rotatable bonds is 8. The van der Waals surface area contributed by atoms with E-state index in [1.807, 2.05) is 6.92 Å². The van der Waals surface area contributed by atoms with Gasteiger partial charge in [0.15, 0.2) is 6.54 Å². The Morgan fingerprint density at radius 1 is 1.10 bits per heavy atom. The molecule has 0 spiro atoms. The number of para-hydroxylation sites is 1. The van der Waals surface area contributed by atoms with Crippen LogP contribution in [0.15, 0.2) is 48.5 Å². The maximum atomic E-state index is 12.8. The van der Waals surface area contributed by atoms with Crippen molar-refractivity contribution in [3.8, 4) is 5.75 Å². The minimum Gasteiger partial charge on any atom is -0.494 e. The molecule has 31 heavy (non-hydrogen) atoms. The zero-order valence-corrected chi connectivity index (χ0v) is 17.6. The van der Waals surface area contributed by atoms with Crippen molar-refractivity contribution in [2.24, 2.45) is 11.7 Å². The van der Waals surface area contributed by atoms with Crippen molar-refractivity contribution >= 4 is 29.1 Å². The Labute approximate surface area is 181 Å². The van der Waals surface area contributed by atoms with Crippen molar-refractivity contribution in [2.45, 2.75) is 19.8 Å². The van der Waals surface area contributed by atoms with Crippen LogP contribution in [0, 0.1) is 5.92 Å². The summed E-state index contributed by atoms with van der Waals surface area (Å²) in [5, 5.41) is 5.68. The van der Waals surface area contributed by atoms with Crippen LogP contribution >= 0.6 is 0 Å². The highest BCUT2D eigenvalue weighted by Crippen LogP contribution is 2.19. The highest BCUT2D eigenvalue weighted by Gasteiger charge is 2.28. The first-order valence-corrected chi connectivity index (χ1v) is 10.5. The topological polar surface area (TPSA) is 115 Å². The van der Waals surface area contributed by atoms with Gasteiger partial charge in [-0.2, -0.15) is 0 Å². The summed E-state index contributed by atoms with van der Waals surface area (Å²) in [7, 11) is 0. The number of primary amides is 1. The SMILES string of the molecule is CCOc1ccc(NC(=O)c2ccccc2NC(=O)C[NH+]2CCC[C@H](C(N)=O)C2)cc1. The van der Waals surface area contributed by atoms with Gasteiger partial charge in [0.25, 0.3) is 11.8 Å². The van der Waals surface area contributed by atoms with Crippen molar-refractivity contribution in [1.29, 1.82) is 0 Å². The molecule has 164 valence electrons. The second-order valence-corrected chi connectivity index (χ2v) is 7.63. The molecule has 1 unspecified atom stereocenters. The number of quaternary nitrogens is 1. The van der Waals surface area contributed by atoms with Gasteiger partial charge in [-0.05, 0) is 56.2 Å². The average molecular weight is 426 g/mol. The standard InChI is InChI=1S/C23H28N4O4/c1-2-31-18-11-9-17(10-12-18)25-23(30)19-7-3-4-8-20(19)26-21(28)15-27-13-5-6-16(14-27)22(24)29/h3-4,7-12,16H,2,5-6,13-15H2,1H3,(H2,24,29)(H,25,30)(H,26,28)/p+1/t16-/m0/s1. The molecule has 1 fully saturated rings. The molecule has 8 heteroatoms. The van der Waals surface area contributed by atoms with Gasteiger partial charge in [-0.25, -0.2) is 0 Å². The average Bonchev–Trinajstić information content (AvgIpc) is 2.75. The quantitative estimate of drug-likeness (QED) is 0.506. The van der Waals surface area contributed by atoms with Crippen LogP contribution in [0.5, 0.6) is 5.75 Å². The number of carbonyl (C=O) groups is 3. The van der Waals surface area contributed by atoms with Crippen molar-refractivity contribution in [1.82, 2.24) is 0 Å². The molecule has 2 aromatic rings. The lowest BCUT2D eigenvalue weighted by Gasteiger charge is -2.27. The maximum Gasteiger partial charge on any atom is 0.279 e. The highest BCUT2D eigenvalue weighted by atomic mass is 16.5. The molecule has 1 heterocycles. The van der Waals surface area contributed by atoms with E-state index in [1.165, 1.54) is 0 Å². The minimum absolute atomic E-state index is 0.191. The lowest BCUT2D eigenvalue weighted by molar-refractivity contribution is -0.899. The molecule has 0 saturated carbocycles. The van der Waals surface area contributed by atoms with Gasteiger partial charge in [-0.1, -0.05) is 12.1 Å². The molecule has 0 aliphatic carbocycles. The Morgan fingerprint density at radius 3 is 2.55 bits per heavy atom. The fourth-order valence-electron chi connectivity index (χ4n) is 3.77. The zero-order valence-electron chi connectivity index (χ0n) is 17.6. The Morgan fingerprint density at radius 2 is 1.84 bits per heavy atom. The number of nitrogens with one attached hydrogen (secondary N) is 3. The van der Waals surface area contributed by atoms with Gasteiger partial charge < -0.3 is 26.0 Å². The number of benzene rings is 2. The molecular formula is C23H29N4O4+. The predicted molar refractivity (Wildman–Crippen MR) is 118 cm³/mol. The number of hydrogen-bond acceptors (Lipinski definition) is 4. The van der Waals surface area contributed by atoms with E-state index in [4.69, 9.17) is 10.5 Å². The molecule has 0 bridgehead atoms. The molecule has 0 radical (unpaired) electrons. The van der Waals surface area contributed by atoms with E-state index in [0.29, 0.717) is 30.1 Å². The molecule has 5 N–H and O–H groups in total. The highest BCUT2D eigenvalue weighted by molar-refractivity contribution is 6.10. The number of anilines is 2. The van der Waals surface area contributed by atoms with E-state index >= 15 is 0 Å². The van der Waals surface area contributed by atoms with Crippen LogP contribution in [0.3, 0.4) is 0 Å². The van der Waals surface area contributed by atoms with Crippen molar-refractivity contribution in [2.75, 3.05) is 36.9 Å². The Hall–Kier alpha value is -3.39. The summed E-state index contributed by atoms with van der Waals surface area (Å²) in [5.41, 5.74) is 6.86. The maximum absolute atomic E-state index is 12.8. The van der Waals surface area contributed by atoms with Crippen LogP contribution in [0.2, 0.25) is 0 Å². The first-order valence-electron chi connectivity index (χ1n) is 10.5. The van der Waals surface area contributed by atoms with Gasteiger partial charge in [0.1, 0.15) is 5.75 Å². The summed E-state index contributed by atoms with van der Waals surface area (Å²) >= 11 is 0. The van der Waals surface area contributed by atoms with E-state index < -0.39 is 0 Å². The smallest absolute Gasteiger partial charge is 0.279 e. The number of piperidine rings is 1. The lowest BCUT2D eigenvalue weighted by Crippen LogP contribution is -3.14. The number of likely N-dealkylation sites (tertiary alicyclic amines) is 1. The molecule has 1 saturated heterocycles. The van der Waals surface area contributed by atoms with Crippen LogP contribution in [0.4, 0.5) is 11.4 Å². The fourth-order valence-corrected chi connectivity index (χ4v) is 3.77. The van der Waals surface area contributed by atoms with E-state index in [9.17, 15) is 14.4 Å². The van der Waals surface area contributed by atoms with Gasteiger partial charge in [-0.15, -0.1) is 0 Å². The fraction of sp³-hybridized carbons (Fsp3) is 0.348. The third-order valence-electron chi connectivity index (χ3n) is 5.30. The Kier molecular flexibility index (Phi) is 7.61. The van der Waals surface area contributed by atoms with E-state index in [2.05, 4.69) is 10.6 Å². The predicted octanol–water partition coefficient (Wildman–Crippen LogP) is 1.06. The molecule has 1 aliphatic rings. The van der Waals surface area contributed by atoms with Gasteiger partial charge in [0.05, 0.1) is 36.9 Å². The van der Waals surface area contributed by atoms with Crippen LogP contribution in [0.25, 0.3) is 0 Å².